The van der Waals surface area contributed by atoms with Gasteiger partial charge in [-0.3, -0.25) is 4.79 Å². The SMILES string of the molecule is COc1cc2c(cc1OC)C[NH+](CC(=O)Nc1ccccc1C(C)C)CC2. The molecule has 1 amide bonds. The summed E-state index contributed by atoms with van der Waals surface area (Å²) in [6.45, 7) is 6.48. The molecule has 144 valence electrons. The minimum atomic E-state index is 0.0574. The molecule has 0 aliphatic carbocycles. The Bertz CT molecular complexity index is 817. The van der Waals surface area contributed by atoms with Gasteiger partial charge >= 0.3 is 0 Å². The van der Waals surface area contributed by atoms with Gasteiger partial charge < -0.3 is 19.7 Å². The lowest BCUT2D eigenvalue weighted by Crippen LogP contribution is -3.12. The number of quaternary nitrogens is 1. The van der Waals surface area contributed by atoms with E-state index in [0.717, 1.165) is 36.7 Å². The Hall–Kier alpha value is -2.53. The second-order valence-electron chi connectivity index (χ2n) is 7.37. The standard InChI is InChI=1S/C22H28N2O3/c1-15(2)18-7-5-6-8-19(18)23-22(25)14-24-10-9-16-11-20(26-3)21(27-4)12-17(16)13-24/h5-8,11-12,15H,9-10,13-14H2,1-4H3,(H,23,25)/p+1. The molecule has 0 fully saturated rings. The lowest BCUT2D eigenvalue weighted by atomic mass is 9.98. The van der Waals surface area contributed by atoms with E-state index in [9.17, 15) is 4.79 Å². The van der Waals surface area contributed by atoms with Crippen LogP contribution in [0.5, 0.6) is 11.5 Å². The maximum atomic E-state index is 12.6. The lowest BCUT2D eigenvalue weighted by molar-refractivity contribution is -0.907. The smallest absolute Gasteiger partial charge is 0.279 e. The molecule has 0 radical (unpaired) electrons. The van der Waals surface area contributed by atoms with E-state index in [0.29, 0.717) is 12.5 Å². The van der Waals surface area contributed by atoms with Crippen molar-refractivity contribution in [3.05, 3.63) is 53.1 Å². The highest BCUT2D eigenvalue weighted by atomic mass is 16.5. The van der Waals surface area contributed by atoms with E-state index in [2.05, 4.69) is 31.3 Å². The highest BCUT2D eigenvalue weighted by molar-refractivity contribution is 5.92. The first kappa shape index (κ1) is 19.2. The highest BCUT2D eigenvalue weighted by Crippen LogP contribution is 2.31. The molecular formula is C22H29N2O3+. The fourth-order valence-corrected chi connectivity index (χ4v) is 3.72. The van der Waals surface area contributed by atoms with Crippen LogP contribution in [-0.2, 0) is 17.8 Å². The molecule has 27 heavy (non-hydrogen) atoms. The Morgan fingerprint density at radius 1 is 1.11 bits per heavy atom. The maximum Gasteiger partial charge on any atom is 0.279 e. The van der Waals surface area contributed by atoms with Crippen molar-refractivity contribution < 1.29 is 19.2 Å². The number of ether oxygens (including phenoxy) is 2. The summed E-state index contributed by atoms with van der Waals surface area (Å²) in [7, 11) is 3.31. The number of carbonyl (C=O) groups is 1. The molecule has 1 unspecified atom stereocenters. The third-order valence-electron chi connectivity index (χ3n) is 5.16. The molecule has 1 aliphatic rings. The van der Waals surface area contributed by atoms with Crippen LogP contribution in [0.1, 0.15) is 36.5 Å². The van der Waals surface area contributed by atoms with Crippen LogP contribution in [-0.4, -0.2) is 33.2 Å². The molecule has 5 heteroatoms. The normalized spacial score (nSPS) is 16.0. The summed E-state index contributed by atoms with van der Waals surface area (Å²) in [5.74, 6) is 1.94. The fourth-order valence-electron chi connectivity index (χ4n) is 3.72. The number of rotatable bonds is 6. The molecular weight excluding hydrogens is 340 g/mol. The molecule has 0 bridgehead atoms. The number of amides is 1. The molecule has 1 aliphatic heterocycles. The lowest BCUT2D eigenvalue weighted by Gasteiger charge is -2.26. The van der Waals surface area contributed by atoms with Crippen LogP contribution < -0.4 is 19.7 Å². The summed E-state index contributed by atoms with van der Waals surface area (Å²) >= 11 is 0. The molecule has 2 aromatic carbocycles. The quantitative estimate of drug-likeness (QED) is 0.822. The number of methoxy groups -OCH3 is 2. The van der Waals surface area contributed by atoms with E-state index in [1.807, 2.05) is 24.3 Å². The van der Waals surface area contributed by atoms with Gasteiger partial charge in [-0.25, -0.2) is 0 Å². The monoisotopic (exact) mass is 369 g/mol. The molecule has 3 rings (SSSR count). The zero-order valence-corrected chi connectivity index (χ0v) is 16.6. The number of para-hydroxylation sites is 1. The third kappa shape index (κ3) is 4.42. The van der Waals surface area contributed by atoms with E-state index in [1.165, 1.54) is 21.6 Å². The molecule has 0 spiro atoms. The zero-order chi connectivity index (χ0) is 19.4. The average Bonchev–Trinajstić information content (AvgIpc) is 2.66. The Morgan fingerprint density at radius 2 is 1.78 bits per heavy atom. The summed E-state index contributed by atoms with van der Waals surface area (Å²) in [6, 6.07) is 12.1. The van der Waals surface area contributed by atoms with Crippen molar-refractivity contribution >= 4 is 11.6 Å². The van der Waals surface area contributed by atoms with Crippen molar-refractivity contribution in [1.29, 1.82) is 0 Å². The van der Waals surface area contributed by atoms with Crippen LogP contribution >= 0.6 is 0 Å². The first-order valence-corrected chi connectivity index (χ1v) is 9.48. The van der Waals surface area contributed by atoms with Crippen LogP contribution in [0.15, 0.2) is 36.4 Å². The molecule has 5 nitrogen and oxygen atoms in total. The highest BCUT2D eigenvalue weighted by Gasteiger charge is 2.24. The van der Waals surface area contributed by atoms with Gasteiger partial charge in [0.05, 0.1) is 20.8 Å². The predicted octanol–water partition coefficient (Wildman–Crippen LogP) is 2.41. The van der Waals surface area contributed by atoms with E-state index in [1.54, 1.807) is 14.2 Å². The van der Waals surface area contributed by atoms with Crippen molar-refractivity contribution in [2.24, 2.45) is 0 Å². The van der Waals surface area contributed by atoms with Crippen molar-refractivity contribution in [2.45, 2.75) is 32.7 Å². The first-order valence-electron chi connectivity index (χ1n) is 9.48. The third-order valence-corrected chi connectivity index (χ3v) is 5.16. The topological polar surface area (TPSA) is 52.0 Å². The van der Waals surface area contributed by atoms with Gasteiger partial charge in [-0.2, -0.15) is 0 Å². The van der Waals surface area contributed by atoms with Gasteiger partial charge in [0.25, 0.3) is 5.91 Å². The fraction of sp³-hybridized carbons (Fsp3) is 0.409. The largest absolute Gasteiger partial charge is 0.493 e. The van der Waals surface area contributed by atoms with Crippen LogP contribution in [0.4, 0.5) is 5.69 Å². The average molecular weight is 369 g/mol. The number of nitrogens with one attached hydrogen (secondary N) is 2. The molecule has 2 aromatic rings. The van der Waals surface area contributed by atoms with E-state index in [4.69, 9.17) is 9.47 Å². The summed E-state index contributed by atoms with van der Waals surface area (Å²) in [4.78, 5) is 13.9. The molecule has 0 saturated carbocycles. The minimum absolute atomic E-state index is 0.0574. The Balaban J connectivity index is 1.67. The number of fused-ring (bicyclic) bond motifs is 1. The van der Waals surface area contributed by atoms with Gasteiger partial charge in [0.1, 0.15) is 6.54 Å². The van der Waals surface area contributed by atoms with Crippen molar-refractivity contribution in [3.63, 3.8) is 0 Å². The Morgan fingerprint density at radius 3 is 2.44 bits per heavy atom. The van der Waals surface area contributed by atoms with Crippen LogP contribution in [0.2, 0.25) is 0 Å². The van der Waals surface area contributed by atoms with Gasteiger partial charge in [0.15, 0.2) is 18.0 Å². The van der Waals surface area contributed by atoms with Crippen LogP contribution in [0.25, 0.3) is 0 Å². The summed E-state index contributed by atoms with van der Waals surface area (Å²) in [5, 5.41) is 3.10. The number of hydrogen-bond acceptors (Lipinski definition) is 3. The van der Waals surface area contributed by atoms with Gasteiger partial charge in [-0.15, -0.1) is 0 Å². The molecule has 1 atom stereocenters. The summed E-state index contributed by atoms with van der Waals surface area (Å²) in [5.41, 5.74) is 4.59. The van der Waals surface area contributed by atoms with Crippen molar-refractivity contribution in [1.82, 2.24) is 0 Å². The van der Waals surface area contributed by atoms with E-state index >= 15 is 0 Å². The second kappa shape index (κ2) is 8.44. The minimum Gasteiger partial charge on any atom is -0.493 e. The molecule has 2 N–H and O–H groups in total. The second-order valence-corrected chi connectivity index (χ2v) is 7.37. The predicted molar refractivity (Wildman–Crippen MR) is 107 cm³/mol. The van der Waals surface area contributed by atoms with Crippen LogP contribution in [0.3, 0.4) is 0 Å². The van der Waals surface area contributed by atoms with Crippen molar-refractivity contribution in [2.75, 3.05) is 32.6 Å². The van der Waals surface area contributed by atoms with Gasteiger partial charge in [-0.05, 0) is 35.2 Å². The van der Waals surface area contributed by atoms with Crippen molar-refractivity contribution in [3.8, 4) is 11.5 Å². The van der Waals surface area contributed by atoms with Crippen LogP contribution in [0, 0.1) is 0 Å². The van der Waals surface area contributed by atoms with Gasteiger partial charge in [0, 0.05) is 17.7 Å². The van der Waals surface area contributed by atoms with E-state index < -0.39 is 0 Å². The number of anilines is 1. The number of carbonyl (C=O) groups excluding carboxylic acids is 1. The number of hydrogen-bond donors (Lipinski definition) is 2. The Kier molecular flexibility index (Phi) is 6.01. The molecule has 1 heterocycles. The van der Waals surface area contributed by atoms with E-state index in [-0.39, 0.29) is 5.91 Å². The maximum absolute atomic E-state index is 12.6. The number of benzene rings is 2. The molecule has 0 aromatic heterocycles. The first-order chi connectivity index (χ1) is 13.0. The molecule has 0 saturated heterocycles. The Labute approximate surface area is 161 Å². The van der Waals surface area contributed by atoms with Gasteiger partial charge in [0.2, 0.25) is 0 Å². The summed E-state index contributed by atoms with van der Waals surface area (Å²) in [6.07, 6.45) is 0.931. The zero-order valence-electron chi connectivity index (χ0n) is 16.6. The summed E-state index contributed by atoms with van der Waals surface area (Å²) < 4.78 is 10.8. The van der Waals surface area contributed by atoms with Gasteiger partial charge in [-0.1, -0.05) is 32.0 Å².